The van der Waals surface area contributed by atoms with Gasteiger partial charge >= 0.3 is 0 Å². The number of hydrogen-bond acceptors (Lipinski definition) is 4. The number of H-pyrrole nitrogens is 2. The summed E-state index contributed by atoms with van der Waals surface area (Å²) in [5.74, 6) is 8.97. The molecule has 2 aromatic heterocycles. The SMILES string of the molecule is C(#CC1(c2cnc([C@@H]3CCCN3)[nH]2)C=CC(c2ccccc2)=CC1)c1cnc([C@@H]2CCCN2)[nH]1. The standard InChI is InChI=1S/C28H30N6/c1-2-6-20(7-3-1)21-10-13-28(14-11-21,25-19-32-27(34-25)24-9-5-17-30-24)15-12-22-18-31-26(33-22)23-8-4-16-29-23/h1-3,6-7,10-11,13,18-19,23-24,29-30H,4-5,8-9,14,16-17H2,(H,31,33)(H,32,34)/t23-,24-,28?/m0/s1. The molecule has 1 aromatic carbocycles. The van der Waals surface area contributed by atoms with Crippen molar-refractivity contribution in [2.45, 2.75) is 49.6 Å². The lowest BCUT2D eigenvalue weighted by Crippen LogP contribution is -2.24. The van der Waals surface area contributed by atoms with Gasteiger partial charge in [0.1, 0.15) is 17.3 Å². The number of aromatic nitrogens is 4. The maximum Gasteiger partial charge on any atom is 0.124 e. The zero-order valence-electron chi connectivity index (χ0n) is 19.3. The van der Waals surface area contributed by atoms with Gasteiger partial charge in [0.05, 0.1) is 35.6 Å². The Balaban J connectivity index is 1.32. The highest BCUT2D eigenvalue weighted by molar-refractivity contribution is 5.76. The van der Waals surface area contributed by atoms with Crippen molar-refractivity contribution in [2.24, 2.45) is 0 Å². The van der Waals surface area contributed by atoms with E-state index in [-0.39, 0.29) is 0 Å². The summed E-state index contributed by atoms with van der Waals surface area (Å²) in [6, 6.07) is 11.1. The summed E-state index contributed by atoms with van der Waals surface area (Å²) < 4.78 is 0. The lowest BCUT2D eigenvalue weighted by atomic mass is 9.77. The first-order chi connectivity index (χ1) is 16.8. The monoisotopic (exact) mass is 450 g/mol. The second kappa shape index (κ2) is 9.09. The highest BCUT2D eigenvalue weighted by Crippen LogP contribution is 2.36. The lowest BCUT2D eigenvalue weighted by molar-refractivity contribution is 0.604. The summed E-state index contributed by atoms with van der Waals surface area (Å²) in [6.07, 6.45) is 15.9. The van der Waals surface area contributed by atoms with Crippen LogP contribution in [0, 0.1) is 11.8 Å². The summed E-state index contributed by atoms with van der Waals surface area (Å²) in [7, 11) is 0. The molecule has 2 saturated heterocycles. The molecule has 6 nitrogen and oxygen atoms in total. The summed E-state index contributed by atoms with van der Waals surface area (Å²) in [6.45, 7) is 2.10. The average molecular weight is 451 g/mol. The fourth-order valence-electron chi connectivity index (χ4n) is 5.18. The van der Waals surface area contributed by atoms with Crippen LogP contribution in [0.2, 0.25) is 0 Å². The van der Waals surface area contributed by atoms with Crippen LogP contribution in [0.4, 0.5) is 0 Å². The number of benzene rings is 1. The quantitative estimate of drug-likeness (QED) is 0.447. The summed E-state index contributed by atoms with van der Waals surface area (Å²) in [5.41, 5.74) is 3.89. The van der Waals surface area contributed by atoms with Gasteiger partial charge in [-0.2, -0.15) is 0 Å². The van der Waals surface area contributed by atoms with Gasteiger partial charge in [-0.05, 0) is 62.3 Å². The molecule has 6 heteroatoms. The van der Waals surface area contributed by atoms with Crippen molar-refractivity contribution in [3.8, 4) is 11.8 Å². The fraction of sp³-hybridized carbons (Fsp3) is 0.357. The van der Waals surface area contributed by atoms with Crippen LogP contribution in [-0.2, 0) is 5.41 Å². The molecule has 1 aliphatic carbocycles. The Labute approximate surface area is 200 Å². The fourth-order valence-corrected chi connectivity index (χ4v) is 5.18. The van der Waals surface area contributed by atoms with Crippen LogP contribution < -0.4 is 10.6 Å². The Bertz CT molecular complexity index is 1260. The molecule has 1 unspecified atom stereocenters. The Hall–Kier alpha value is -3.40. The number of nitrogens with one attached hydrogen (secondary N) is 4. The zero-order chi connectivity index (χ0) is 22.8. The van der Waals surface area contributed by atoms with Crippen LogP contribution in [0.5, 0.6) is 0 Å². The Morgan fingerprint density at radius 1 is 0.882 bits per heavy atom. The maximum absolute atomic E-state index is 4.74. The molecular formula is C28H30N6. The van der Waals surface area contributed by atoms with E-state index in [0.717, 1.165) is 55.4 Å². The third-order valence-electron chi connectivity index (χ3n) is 7.17. The normalized spacial score (nSPS) is 26.3. The van der Waals surface area contributed by atoms with E-state index in [1.54, 1.807) is 0 Å². The first kappa shape index (κ1) is 21.2. The summed E-state index contributed by atoms with van der Waals surface area (Å²) >= 11 is 0. The third kappa shape index (κ3) is 4.13. The third-order valence-corrected chi connectivity index (χ3v) is 7.17. The molecule has 4 N–H and O–H groups in total. The molecule has 3 atom stereocenters. The molecule has 0 radical (unpaired) electrons. The van der Waals surface area contributed by atoms with Gasteiger partial charge in [0.25, 0.3) is 0 Å². The van der Waals surface area contributed by atoms with Crippen LogP contribution in [-0.4, -0.2) is 33.0 Å². The van der Waals surface area contributed by atoms with Gasteiger partial charge in [0, 0.05) is 0 Å². The molecule has 4 heterocycles. The number of aromatic amines is 2. The zero-order valence-corrected chi connectivity index (χ0v) is 19.3. The molecule has 172 valence electrons. The van der Waals surface area contributed by atoms with Crippen molar-refractivity contribution >= 4 is 5.57 Å². The van der Waals surface area contributed by atoms with Crippen LogP contribution in [0.15, 0.2) is 61.0 Å². The van der Waals surface area contributed by atoms with E-state index in [2.05, 4.69) is 86.0 Å². The average Bonchev–Trinajstić information content (AvgIpc) is 3.71. The maximum atomic E-state index is 4.74. The topological polar surface area (TPSA) is 81.4 Å². The summed E-state index contributed by atoms with van der Waals surface area (Å²) in [4.78, 5) is 16.4. The van der Waals surface area contributed by atoms with Crippen molar-refractivity contribution in [3.63, 3.8) is 0 Å². The number of rotatable bonds is 4. The molecule has 6 rings (SSSR count). The molecule has 2 fully saturated rings. The van der Waals surface area contributed by atoms with E-state index < -0.39 is 5.41 Å². The lowest BCUT2D eigenvalue weighted by Gasteiger charge is -2.26. The highest BCUT2D eigenvalue weighted by atomic mass is 15.0. The van der Waals surface area contributed by atoms with Crippen molar-refractivity contribution in [3.05, 3.63) is 89.6 Å². The first-order valence-corrected chi connectivity index (χ1v) is 12.3. The van der Waals surface area contributed by atoms with E-state index in [0.29, 0.717) is 12.1 Å². The molecule has 0 spiro atoms. The van der Waals surface area contributed by atoms with Crippen molar-refractivity contribution in [1.82, 2.24) is 30.6 Å². The molecule has 34 heavy (non-hydrogen) atoms. The van der Waals surface area contributed by atoms with E-state index >= 15 is 0 Å². The molecule has 0 amide bonds. The molecule has 2 aliphatic heterocycles. The number of nitrogens with zero attached hydrogens (tertiary/aromatic N) is 2. The van der Waals surface area contributed by atoms with Crippen molar-refractivity contribution in [2.75, 3.05) is 13.1 Å². The summed E-state index contributed by atoms with van der Waals surface area (Å²) in [5, 5.41) is 7.03. The van der Waals surface area contributed by atoms with E-state index in [1.165, 1.54) is 24.0 Å². The molecule has 3 aliphatic rings. The van der Waals surface area contributed by atoms with Crippen LogP contribution in [0.25, 0.3) is 5.57 Å². The van der Waals surface area contributed by atoms with Crippen LogP contribution in [0.1, 0.15) is 72.8 Å². The predicted octanol–water partition coefficient (Wildman–Crippen LogP) is 4.31. The minimum Gasteiger partial charge on any atom is -0.343 e. The minimum absolute atomic E-state index is 0.302. The predicted molar refractivity (Wildman–Crippen MR) is 134 cm³/mol. The van der Waals surface area contributed by atoms with Gasteiger partial charge < -0.3 is 20.6 Å². The van der Waals surface area contributed by atoms with E-state index in [4.69, 9.17) is 4.98 Å². The second-order valence-electron chi connectivity index (χ2n) is 9.45. The van der Waals surface area contributed by atoms with Gasteiger partial charge in [-0.1, -0.05) is 54.5 Å². The Morgan fingerprint density at radius 2 is 1.62 bits per heavy atom. The van der Waals surface area contributed by atoms with E-state index in [1.807, 2.05) is 12.4 Å². The van der Waals surface area contributed by atoms with Gasteiger partial charge in [-0.3, -0.25) is 0 Å². The molecule has 0 bridgehead atoms. The minimum atomic E-state index is -0.459. The van der Waals surface area contributed by atoms with Crippen molar-refractivity contribution in [1.29, 1.82) is 0 Å². The Morgan fingerprint density at radius 3 is 2.29 bits per heavy atom. The molecule has 3 aromatic rings. The Kier molecular flexibility index (Phi) is 5.66. The first-order valence-electron chi connectivity index (χ1n) is 12.3. The largest absolute Gasteiger partial charge is 0.343 e. The second-order valence-corrected chi connectivity index (χ2v) is 9.45. The van der Waals surface area contributed by atoms with Crippen LogP contribution >= 0.6 is 0 Å². The van der Waals surface area contributed by atoms with Gasteiger partial charge in [0.2, 0.25) is 0 Å². The highest BCUT2D eigenvalue weighted by Gasteiger charge is 2.32. The van der Waals surface area contributed by atoms with Crippen molar-refractivity contribution < 1.29 is 0 Å². The number of allylic oxidation sites excluding steroid dienone is 4. The van der Waals surface area contributed by atoms with Gasteiger partial charge in [-0.15, -0.1) is 0 Å². The van der Waals surface area contributed by atoms with Crippen LogP contribution in [0.3, 0.4) is 0 Å². The van der Waals surface area contributed by atoms with E-state index in [9.17, 15) is 0 Å². The van der Waals surface area contributed by atoms with Gasteiger partial charge in [-0.25, -0.2) is 9.97 Å². The van der Waals surface area contributed by atoms with Gasteiger partial charge in [0.15, 0.2) is 0 Å². The molecular weight excluding hydrogens is 420 g/mol. The smallest absolute Gasteiger partial charge is 0.124 e. The number of imidazole rings is 2. The molecule has 0 saturated carbocycles. The number of hydrogen-bond donors (Lipinski definition) is 4.